The largest absolute Gasteiger partial charge is 0.387 e. The summed E-state index contributed by atoms with van der Waals surface area (Å²) in [6.45, 7) is 1.44. The van der Waals surface area contributed by atoms with E-state index in [0.29, 0.717) is 12.5 Å². The second-order valence-electron chi connectivity index (χ2n) is 4.80. The minimum atomic E-state index is -0.567. The summed E-state index contributed by atoms with van der Waals surface area (Å²) in [6, 6.07) is 9.44. The average Bonchev–Trinajstić information content (AvgIpc) is 3.21. The molecular weight excluding hydrogens is 228 g/mol. The molecule has 0 radical (unpaired) electrons. The first-order valence-electron chi connectivity index (χ1n) is 6.46. The fourth-order valence-electron chi connectivity index (χ4n) is 1.76. The number of carbonyl (C=O) groups is 1. The second-order valence-corrected chi connectivity index (χ2v) is 4.80. The van der Waals surface area contributed by atoms with E-state index < -0.39 is 6.10 Å². The van der Waals surface area contributed by atoms with Gasteiger partial charge in [0.05, 0.1) is 12.6 Å². The molecule has 0 aliphatic heterocycles. The van der Waals surface area contributed by atoms with Crippen molar-refractivity contribution in [2.75, 3.05) is 19.6 Å². The fraction of sp³-hybridized carbons (Fsp3) is 0.500. The van der Waals surface area contributed by atoms with Gasteiger partial charge >= 0.3 is 0 Å². The maximum absolute atomic E-state index is 11.4. The van der Waals surface area contributed by atoms with Crippen LogP contribution in [-0.4, -0.2) is 30.6 Å². The zero-order chi connectivity index (χ0) is 12.8. The minimum absolute atomic E-state index is 0.00200. The molecule has 2 rings (SSSR count). The van der Waals surface area contributed by atoms with E-state index in [1.54, 1.807) is 0 Å². The van der Waals surface area contributed by atoms with Gasteiger partial charge in [-0.15, -0.1) is 0 Å². The summed E-state index contributed by atoms with van der Waals surface area (Å²) in [5.74, 6) is 0.700. The summed E-state index contributed by atoms with van der Waals surface area (Å²) in [4.78, 5) is 11.4. The molecule has 0 bridgehead atoms. The van der Waals surface area contributed by atoms with Gasteiger partial charge in [-0.2, -0.15) is 0 Å². The third-order valence-electron chi connectivity index (χ3n) is 3.09. The second kappa shape index (κ2) is 6.52. The van der Waals surface area contributed by atoms with E-state index in [1.165, 1.54) is 12.8 Å². The first-order chi connectivity index (χ1) is 8.75. The maximum atomic E-state index is 11.4. The van der Waals surface area contributed by atoms with E-state index in [1.807, 2.05) is 30.3 Å². The quantitative estimate of drug-likeness (QED) is 0.670. The van der Waals surface area contributed by atoms with E-state index in [-0.39, 0.29) is 12.5 Å². The van der Waals surface area contributed by atoms with Crippen molar-refractivity contribution in [2.24, 2.45) is 5.92 Å². The van der Waals surface area contributed by atoms with E-state index in [2.05, 4.69) is 10.6 Å². The molecular formula is C14H20N2O2. The fourth-order valence-corrected chi connectivity index (χ4v) is 1.76. The smallest absolute Gasteiger partial charge is 0.233 e. The van der Waals surface area contributed by atoms with Crippen LogP contribution in [0.4, 0.5) is 0 Å². The Morgan fingerprint density at radius 1 is 1.33 bits per heavy atom. The first kappa shape index (κ1) is 13.1. The third-order valence-corrected chi connectivity index (χ3v) is 3.09. The van der Waals surface area contributed by atoms with Crippen molar-refractivity contribution in [1.82, 2.24) is 10.6 Å². The molecule has 3 N–H and O–H groups in total. The number of aliphatic hydroxyl groups is 1. The number of nitrogens with one attached hydrogen (secondary N) is 2. The summed E-state index contributed by atoms with van der Waals surface area (Å²) >= 11 is 0. The van der Waals surface area contributed by atoms with Crippen LogP contribution < -0.4 is 10.6 Å². The normalized spacial score (nSPS) is 16.3. The predicted molar refractivity (Wildman–Crippen MR) is 70.0 cm³/mol. The van der Waals surface area contributed by atoms with Gasteiger partial charge in [0.25, 0.3) is 0 Å². The molecule has 0 aromatic heterocycles. The molecule has 1 aliphatic rings. The zero-order valence-electron chi connectivity index (χ0n) is 10.4. The average molecular weight is 248 g/mol. The highest BCUT2D eigenvalue weighted by Crippen LogP contribution is 2.27. The van der Waals surface area contributed by atoms with E-state index in [0.717, 1.165) is 12.1 Å². The highest BCUT2D eigenvalue weighted by Gasteiger charge is 2.21. The number of aliphatic hydroxyl groups excluding tert-OH is 1. The van der Waals surface area contributed by atoms with E-state index >= 15 is 0 Å². The highest BCUT2D eigenvalue weighted by molar-refractivity contribution is 5.77. The summed E-state index contributed by atoms with van der Waals surface area (Å²) in [6.07, 6.45) is 1.91. The van der Waals surface area contributed by atoms with Crippen LogP contribution in [0.15, 0.2) is 30.3 Å². The van der Waals surface area contributed by atoms with Crippen molar-refractivity contribution in [1.29, 1.82) is 0 Å². The zero-order valence-corrected chi connectivity index (χ0v) is 10.4. The molecule has 98 valence electrons. The minimum Gasteiger partial charge on any atom is -0.387 e. The molecule has 1 aromatic carbocycles. The molecule has 0 heterocycles. The Balaban J connectivity index is 1.60. The number of benzene rings is 1. The van der Waals surface area contributed by atoms with Gasteiger partial charge in [-0.1, -0.05) is 30.3 Å². The predicted octanol–water partition coefficient (Wildman–Crippen LogP) is 0.836. The Morgan fingerprint density at radius 3 is 2.72 bits per heavy atom. The van der Waals surface area contributed by atoms with Crippen molar-refractivity contribution in [3.05, 3.63) is 35.9 Å². The Kier molecular flexibility index (Phi) is 4.73. The summed E-state index contributed by atoms with van der Waals surface area (Å²) in [5.41, 5.74) is 0.864. The number of hydrogen-bond donors (Lipinski definition) is 3. The third kappa shape index (κ3) is 4.47. The molecule has 4 nitrogen and oxygen atoms in total. The van der Waals surface area contributed by atoms with Gasteiger partial charge in [-0.05, 0) is 24.3 Å². The summed E-state index contributed by atoms with van der Waals surface area (Å²) < 4.78 is 0. The van der Waals surface area contributed by atoms with Crippen LogP contribution in [0, 0.1) is 5.92 Å². The SMILES string of the molecule is O=C(CNCC(O)c1ccccc1)NCC1CC1. The van der Waals surface area contributed by atoms with Crippen LogP contribution >= 0.6 is 0 Å². The molecule has 1 atom stereocenters. The lowest BCUT2D eigenvalue weighted by molar-refractivity contribution is -0.120. The molecule has 1 fully saturated rings. The topological polar surface area (TPSA) is 61.4 Å². The van der Waals surface area contributed by atoms with Crippen molar-refractivity contribution in [3.63, 3.8) is 0 Å². The van der Waals surface area contributed by atoms with Crippen molar-refractivity contribution >= 4 is 5.91 Å². The molecule has 1 unspecified atom stereocenters. The molecule has 0 spiro atoms. The van der Waals surface area contributed by atoms with Crippen molar-refractivity contribution < 1.29 is 9.90 Å². The van der Waals surface area contributed by atoms with Gasteiger partial charge in [-0.25, -0.2) is 0 Å². The highest BCUT2D eigenvalue weighted by atomic mass is 16.3. The number of rotatable bonds is 7. The van der Waals surface area contributed by atoms with Crippen LogP contribution in [0.25, 0.3) is 0 Å². The van der Waals surface area contributed by atoms with Gasteiger partial charge in [0.2, 0.25) is 5.91 Å². The number of carbonyl (C=O) groups excluding carboxylic acids is 1. The lowest BCUT2D eigenvalue weighted by Crippen LogP contribution is -2.36. The van der Waals surface area contributed by atoms with Gasteiger partial charge < -0.3 is 15.7 Å². The number of amides is 1. The van der Waals surface area contributed by atoms with Crippen LogP contribution in [0.3, 0.4) is 0 Å². The maximum Gasteiger partial charge on any atom is 0.233 e. The van der Waals surface area contributed by atoms with Crippen LogP contribution in [0.1, 0.15) is 24.5 Å². The number of hydrogen-bond acceptors (Lipinski definition) is 3. The van der Waals surface area contributed by atoms with Gasteiger partial charge in [0.1, 0.15) is 0 Å². The molecule has 4 heteroatoms. The van der Waals surface area contributed by atoms with E-state index in [4.69, 9.17) is 0 Å². The molecule has 1 aromatic rings. The van der Waals surface area contributed by atoms with Crippen molar-refractivity contribution in [2.45, 2.75) is 18.9 Å². The molecule has 0 saturated heterocycles. The standard InChI is InChI=1S/C14H20N2O2/c17-13(12-4-2-1-3-5-12)9-15-10-14(18)16-8-11-6-7-11/h1-5,11,13,15,17H,6-10H2,(H,16,18). The molecule has 1 aliphatic carbocycles. The Hall–Kier alpha value is -1.39. The van der Waals surface area contributed by atoms with Crippen molar-refractivity contribution in [3.8, 4) is 0 Å². The molecule has 1 saturated carbocycles. The van der Waals surface area contributed by atoms with Crippen LogP contribution in [0.2, 0.25) is 0 Å². The Morgan fingerprint density at radius 2 is 2.06 bits per heavy atom. The van der Waals surface area contributed by atoms with Crippen LogP contribution in [0.5, 0.6) is 0 Å². The molecule has 18 heavy (non-hydrogen) atoms. The van der Waals surface area contributed by atoms with E-state index in [9.17, 15) is 9.90 Å². The Labute approximate surface area is 107 Å². The van der Waals surface area contributed by atoms with Crippen LogP contribution in [-0.2, 0) is 4.79 Å². The van der Waals surface area contributed by atoms with Gasteiger partial charge in [0.15, 0.2) is 0 Å². The molecule has 1 amide bonds. The lowest BCUT2D eigenvalue weighted by atomic mass is 10.1. The monoisotopic (exact) mass is 248 g/mol. The lowest BCUT2D eigenvalue weighted by Gasteiger charge is -2.12. The Bertz CT molecular complexity index is 377. The van der Waals surface area contributed by atoms with Gasteiger partial charge in [-0.3, -0.25) is 4.79 Å². The summed E-state index contributed by atoms with van der Waals surface area (Å²) in [5, 5.41) is 15.7. The first-order valence-corrected chi connectivity index (χ1v) is 6.46. The summed E-state index contributed by atoms with van der Waals surface area (Å²) in [7, 11) is 0. The van der Waals surface area contributed by atoms with Gasteiger partial charge in [0, 0.05) is 13.1 Å².